The molecule has 0 aromatic rings. The summed E-state index contributed by atoms with van der Waals surface area (Å²) >= 11 is 0. The first kappa shape index (κ1) is 16.9. The zero-order chi connectivity index (χ0) is 14.7. The number of aliphatic hydroxyl groups is 1. The lowest BCUT2D eigenvalue weighted by atomic mass is 9.89. The lowest BCUT2D eigenvalue weighted by molar-refractivity contribution is 0.124. The van der Waals surface area contributed by atoms with Gasteiger partial charge in [-0.2, -0.15) is 17.4 Å². The van der Waals surface area contributed by atoms with Crippen LogP contribution >= 0.6 is 0 Å². The van der Waals surface area contributed by atoms with E-state index in [9.17, 15) is 13.5 Å². The molecule has 2 N–H and O–H groups in total. The monoisotopic (exact) mass is 292 g/mol. The first-order chi connectivity index (χ1) is 8.62. The highest BCUT2D eigenvalue weighted by molar-refractivity contribution is 7.87. The first-order valence-electron chi connectivity index (χ1n) is 7.06. The lowest BCUT2D eigenvalue weighted by Gasteiger charge is -2.32. The molecule has 1 heterocycles. The normalized spacial score (nSPS) is 24.4. The summed E-state index contributed by atoms with van der Waals surface area (Å²) in [6.45, 7) is 8.67. The van der Waals surface area contributed by atoms with Crippen LogP contribution in [0.1, 0.15) is 53.4 Å². The fourth-order valence-corrected chi connectivity index (χ4v) is 4.01. The molecule has 0 spiro atoms. The minimum atomic E-state index is -3.46. The van der Waals surface area contributed by atoms with Gasteiger partial charge in [-0.1, -0.05) is 27.2 Å². The van der Waals surface area contributed by atoms with Crippen molar-refractivity contribution in [2.24, 2.45) is 5.41 Å². The van der Waals surface area contributed by atoms with E-state index in [0.29, 0.717) is 13.0 Å². The van der Waals surface area contributed by atoms with Crippen LogP contribution in [0.2, 0.25) is 0 Å². The summed E-state index contributed by atoms with van der Waals surface area (Å²) in [7, 11) is -3.46. The smallest absolute Gasteiger partial charge is 0.279 e. The van der Waals surface area contributed by atoms with E-state index in [4.69, 9.17) is 0 Å². The van der Waals surface area contributed by atoms with E-state index < -0.39 is 16.3 Å². The quantitative estimate of drug-likeness (QED) is 0.806. The van der Waals surface area contributed by atoms with E-state index in [1.807, 2.05) is 27.7 Å². The van der Waals surface area contributed by atoms with Crippen LogP contribution in [0, 0.1) is 5.41 Å². The van der Waals surface area contributed by atoms with Gasteiger partial charge in [-0.25, -0.2) is 0 Å². The van der Waals surface area contributed by atoms with Gasteiger partial charge >= 0.3 is 0 Å². The molecule has 1 aliphatic rings. The van der Waals surface area contributed by atoms with Gasteiger partial charge in [0.15, 0.2) is 0 Å². The van der Waals surface area contributed by atoms with Crippen molar-refractivity contribution < 1.29 is 13.5 Å². The highest BCUT2D eigenvalue weighted by atomic mass is 32.2. The fraction of sp³-hybridized carbons (Fsp3) is 1.00. The van der Waals surface area contributed by atoms with Crippen molar-refractivity contribution >= 4 is 10.2 Å². The maximum atomic E-state index is 12.2. The maximum absolute atomic E-state index is 12.2. The van der Waals surface area contributed by atoms with E-state index in [0.717, 1.165) is 19.3 Å². The average Bonchev–Trinajstić information content (AvgIpc) is 2.24. The Balaban J connectivity index is 2.50. The van der Waals surface area contributed by atoms with Crippen LogP contribution < -0.4 is 4.72 Å². The maximum Gasteiger partial charge on any atom is 0.279 e. The second kappa shape index (κ2) is 6.52. The van der Waals surface area contributed by atoms with Crippen molar-refractivity contribution in [3.63, 3.8) is 0 Å². The third-order valence-electron chi connectivity index (χ3n) is 3.40. The first-order valence-corrected chi connectivity index (χ1v) is 8.50. The number of rotatable bonds is 5. The van der Waals surface area contributed by atoms with Gasteiger partial charge < -0.3 is 5.11 Å². The molecule has 0 aromatic heterocycles. The van der Waals surface area contributed by atoms with Crippen molar-refractivity contribution in [1.82, 2.24) is 9.03 Å². The highest BCUT2D eigenvalue weighted by Gasteiger charge is 2.29. The van der Waals surface area contributed by atoms with Crippen LogP contribution in [0.25, 0.3) is 0 Å². The molecule has 19 heavy (non-hydrogen) atoms. The van der Waals surface area contributed by atoms with E-state index in [-0.39, 0.29) is 18.0 Å². The van der Waals surface area contributed by atoms with Crippen molar-refractivity contribution in [2.75, 3.05) is 13.1 Å². The SMILES string of the molecule is CC1CCCCN1S(=O)(=O)NCC(O)CC(C)(C)C. The minimum absolute atomic E-state index is 0.0106. The summed E-state index contributed by atoms with van der Waals surface area (Å²) in [5, 5.41) is 9.87. The van der Waals surface area contributed by atoms with Crippen LogP contribution in [0.15, 0.2) is 0 Å². The summed E-state index contributed by atoms with van der Waals surface area (Å²) in [4.78, 5) is 0. The molecule has 114 valence electrons. The standard InChI is InChI=1S/C13H28N2O3S/c1-11-7-5-6-8-15(11)19(17,18)14-10-12(16)9-13(2,3)4/h11-12,14,16H,5-10H2,1-4H3. The van der Waals surface area contributed by atoms with E-state index in [1.165, 1.54) is 4.31 Å². The van der Waals surface area contributed by atoms with Crippen molar-refractivity contribution in [3.05, 3.63) is 0 Å². The zero-order valence-electron chi connectivity index (χ0n) is 12.5. The number of aliphatic hydroxyl groups excluding tert-OH is 1. The van der Waals surface area contributed by atoms with Gasteiger partial charge in [-0.15, -0.1) is 0 Å². The van der Waals surface area contributed by atoms with Gasteiger partial charge in [0.2, 0.25) is 0 Å². The Kier molecular flexibility index (Phi) is 5.79. The molecule has 5 nitrogen and oxygen atoms in total. The molecular formula is C13H28N2O3S. The van der Waals surface area contributed by atoms with Crippen LogP contribution in [0.4, 0.5) is 0 Å². The van der Waals surface area contributed by atoms with Gasteiger partial charge in [0.1, 0.15) is 0 Å². The van der Waals surface area contributed by atoms with Crippen LogP contribution in [0.5, 0.6) is 0 Å². The molecule has 1 saturated heterocycles. The highest BCUT2D eigenvalue weighted by Crippen LogP contribution is 2.21. The van der Waals surface area contributed by atoms with Crippen molar-refractivity contribution in [3.8, 4) is 0 Å². The van der Waals surface area contributed by atoms with E-state index >= 15 is 0 Å². The molecule has 0 radical (unpaired) electrons. The summed E-state index contributed by atoms with van der Waals surface area (Å²) < 4.78 is 28.4. The van der Waals surface area contributed by atoms with E-state index in [2.05, 4.69) is 4.72 Å². The molecule has 0 aliphatic carbocycles. The van der Waals surface area contributed by atoms with Gasteiger partial charge in [0.25, 0.3) is 10.2 Å². The molecule has 0 aromatic carbocycles. The zero-order valence-corrected chi connectivity index (χ0v) is 13.3. The number of hydrogen-bond donors (Lipinski definition) is 2. The Morgan fingerprint density at radius 1 is 1.37 bits per heavy atom. The summed E-state index contributed by atoms with van der Waals surface area (Å²) in [6.07, 6.45) is 2.83. The van der Waals surface area contributed by atoms with Gasteiger partial charge in [-0.3, -0.25) is 0 Å². The molecule has 0 amide bonds. The Morgan fingerprint density at radius 2 is 2.00 bits per heavy atom. The topological polar surface area (TPSA) is 69.6 Å². The Morgan fingerprint density at radius 3 is 2.53 bits per heavy atom. The van der Waals surface area contributed by atoms with Crippen molar-refractivity contribution in [2.45, 2.75) is 65.5 Å². The van der Waals surface area contributed by atoms with Crippen LogP contribution in [-0.4, -0.2) is 43.1 Å². The summed E-state index contributed by atoms with van der Waals surface area (Å²) in [5.74, 6) is 0. The number of piperidine rings is 1. The van der Waals surface area contributed by atoms with Gasteiger partial charge in [0.05, 0.1) is 6.10 Å². The molecular weight excluding hydrogens is 264 g/mol. The predicted octanol–water partition coefficient (Wildman–Crippen LogP) is 1.49. The Labute approximate surface area is 117 Å². The third kappa shape index (κ3) is 5.77. The number of nitrogens with one attached hydrogen (secondary N) is 1. The second-order valence-electron chi connectivity index (χ2n) is 6.73. The molecule has 6 heteroatoms. The largest absolute Gasteiger partial charge is 0.392 e. The van der Waals surface area contributed by atoms with Gasteiger partial charge in [-0.05, 0) is 31.6 Å². The predicted molar refractivity (Wildman–Crippen MR) is 77.0 cm³/mol. The van der Waals surface area contributed by atoms with Gasteiger partial charge in [0, 0.05) is 19.1 Å². The van der Waals surface area contributed by atoms with E-state index in [1.54, 1.807) is 0 Å². The number of hydrogen-bond acceptors (Lipinski definition) is 3. The fourth-order valence-electron chi connectivity index (χ4n) is 2.49. The average molecular weight is 292 g/mol. The number of nitrogens with zero attached hydrogens (tertiary/aromatic N) is 1. The second-order valence-corrected chi connectivity index (χ2v) is 8.44. The van der Waals surface area contributed by atoms with Crippen molar-refractivity contribution in [1.29, 1.82) is 0 Å². The molecule has 0 saturated carbocycles. The Hall–Kier alpha value is -0.170. The van der Waals surface area contributed by atoms with Crippen LogP contribution in [0.3, 0.4) is 0 Å². The summed E-state index contributed by atoms with van der Waals surface area (Å²) in [5.41, 5.74) is -0.0106. The third-order valence-corrected chi connectivity index (χ3v) is 5.09. The molecule has 1 rings (SSSR count). The molecule has 2 unspecified atom stereocenters. The summed E-state index contributed by atoms with van der Waals surface area (Å²) in [6, 6.07) is 0.0472. The minimum Gasteiger partial charge on any atom is -0.392 e. The molecule has 1 fully saturated rings. The molecule has 1 aliphatic heterocycles. The molecule has 0 bridgehead atoms. The van der Waals surface area contributed by atoms with Crippen LogP contribution in [-0.2, 0) is 10.2 Å². The molecule has 2 atom stereocenters. The Bertz CT molecular complexity index is 376. The lowest BCUT2D eigenvalue weighted by Crippen LogP contribution is -2.49.